The number of anilines is 2. The molecule has 0 spiro atoms. The van der Waals surface area contributed by atoms with Gasteiger partial charge in [0.2, 0.25) is 5.91 Å². The Morgan fingerprint density at radius 3 is 2.56 bits per heavy atom. The first-order chi connectivity index (χ1) is 11.8. The van der Waals surface area contributed by atoms with Crippen molar-refractivity contribution in [3.8, 4) is 0 Å². The number of halogens is 2. The number of rotatable bonds is 4. The molecule has 1 N–H and O–H groups in total. The second kappa shape index (κ2) is 6.44. The predicted molar refractivity (Wildman–Crippen MR) is 90.0 cm³/mol. The fraction of sp³-hybridized carbons (Fsp3) is 0.235. The van der Waals surface area contributed by atoms with Gasteiger partial charge in [-0.05, 0) is 49.2 Å². The van der Waals surface area contributed by atoms with Gasteiger partial charge in [0.25, 0.3) is 10.0 Å². The smallest absolute Gasteiger partial charge is 0.264 e. The maximum atomic E-state index is 13.8. The molecule has 5 nitrogen and oxygen atoms in total. The van der Waals surface area contributed by atoms with E-state index in [-0.39, 0.29) is 11.6 Å². The number of nitrogens with zero attached hydrogens (tertiary/aromatic N) is 1. The SMILES string of the molecule is CCN1C(=O)CCc2cc(NS(=O)(=O)c3ccc(F)cc3F)ccc21. The number of aryl methyl sites for hydroxylation is 1. The van der Waals surface area contributed by atoms with Crippen molar-refractivity contribution in [3.05, 3.63) is 53.6 Å². The van der Waals surface area contributed by atoms with Crippen LogP contribution in [0.2, 0.25) is 0 Å². The Bertz CT molecular complexity index is 945. The Morgan fingerprint density at radius 2 is 1.88 bits per heavy atom. The third-order valence-corrected chi connectivity index (χ3v) is 5.45. The van der Waals surface area contributed by atoms with E-state index in [0.717, 1.165) is 23.4 Å². The normalized spacial score (nSPS) is 14.4. The fourth-order valence-corrected chi connectivity index (χ4v) is 3.98. The van der Waals surface area contributed by atoms with Crippen LogP contribution in [-0.4, -0.2) is 20.9 Å². The first-order valence-electron chi connectivity index (χ1n) is 7.73. The molecular formula is C17H16F2N2O3S. The summed E-state index contributed by atoms with van der Waals surface area (Å²) in [5, 5.41) is 0. The minimum absolute atomic E-state index is 0.0247. The summed E-state index contributed by atoms with van der Waals surface area (Å²) in [6.07, 6.45) is 0.856. The van der Waals surface area contributed by atoms with Crippen LogP contribution in [0.1, 0.15) is 18.9 Å². The molecule has 1 aliphatic rings. The number of carbonyl (C=O) groups is 1. The molecule has 0 saturated carbocycles. The van der Waals surface area contributed by atoms with Crippen LogP contribution in [-0.2, 0) is 21.2 Å². The van der Waals surface area contributed by atoms with Gasteiger partial charge < -0.3 is 4.90 Å². The van der Waals surface area contributed by atoms with Gasteiger partial charge in [0.1, 0.15) is 16.5 Å². The number of carbonyl (C=O) groups excluding carboxylic acids is 1. The molecule has 1 heterocycles. The maximum Gasteiger partial charge on any atom is 0.264 e. The third kappa shape index (κ3) is 3.34. The van der Waals surface area contributed by atoms with Gasteiger partial charge in [-0.15, -0.1) is 0 Å². The van der Waals surface area contributed by atoms with Gasteiger partial charge in [-0.1, -0.05) is 0 Å². The molecule has 0 atom stereocenters. The standard InChI is InChI=1S/C17H16F2N2O3S/c1-2-21-15-6-5-13(9-11(15)3-8-17(21)22)20-25(23,24)16-7-4-12(18)10-14(16)19/h4-7,9-10,20H,2-3,8H2,1H3. The van der Waals surface area contributed by atoms with Crippen molar-refractivity contribution < 1.29 is 22.0 Å². The highest BCUT2D eigenvalue weighted by molar-refractivity contribution is 7.92. The van der Waals surface area contributed by atoms with Crippen molar-refractivity contribution in [2.75, 3.05) is 16.2 Å². The van der Waals surface area contributed by atoms with Crippen LogP contribution in [0.5, 0.6) is 0 Å². The predicted octanol–water partition coefficient (Wildman–Crippen LogP) is 3.06. The summed E-state index contributed by atoms with van der Waals surface area (Å²) >= 11 is 0. The molecule has 0 fully saturated rings. The Hall–Kier alpha value is -2.48. The van der Waals surface area contributed by atoms with Gasteiger partial charge in [0, 0.05) is 30.4 Å². The van der Waals surface area contributed by atoms with Crippen LogP contribution >= 0.6 is 0 Å². The molecule has 0 aliphatic carbocycles. The minimum atomic E-state index is -4.19. The molecule has 8 heteroatoms. The molecule has 1 amide bonds. The molecule has 25 heavy (non-hydrogen) atoms. The van der Waals surface area contributed by atoms with Crippen molar-refractivity contribution in [1.82, 2.24) is 0 Å². The molecule has 3 rings (SSSR count). The van der Waals surface area contributed by atoms with Gasteiger partial charge in [0.15, 0.2) is 0 Å². The first-order valence-corrected chi connectivity index (χ1v) is 9.21. The van der Waals surface area contributed by atoms with E-state index in [1.807, 2.05) is 6.92 Å². The van der Waals surface area contributed by atoms with Crippen molar-refractivity contribution in [3.63, 3.8) is 0 Å². The van der Waals surface area contributed by atoms with Gasteiger partial charge in [0.05, 0.1) is 0 Å². The molecule has 1 aliphatic heterocycles. The lowest BCUT2D eigenvalue weighted by atomic mass is 10.0. The van der Waals surface area contributed by atoms with Crippen LogP contribution in [0.15, 0.2) is 41.3 Å². The van der Waals surface area contributed by atoms with Crippen LogP contribution in [0.25, 0.3) is 0 Å². The van der Waals surface area contributed by atoms with E-state index in [2.05, 4.69) is 4.72 Å². The summed E-state index contributed by atoms with van der Waals surface area (Å²) in [4.78, 5) is 12.9. The lowest BCUT2D eigenvalue weighted by Gasteiger charge is -2.28. The van der Waals surface area contributed by atoms with E-state index in [0.29, 0.717) is 25.5 Å². The van der Waals surface area contributed by atoms with Gasteiger partial charge in [-0.2, -0.15) is 0 Å². The highest BCUT2D eigenvalue weighted by Crippen LogP contribution is 2.31. The highest BCUT2D eigenvalue weighted by atomic mass is 32.2. The number of hydrogen-bond donors (Lipinski definition) is 1. The van der Waals surface area contributed by atoms with E-state index in [1.54, 1.807) is 17.0 Å². The van der Waals surface area contributed by atoms with Crippen molar-refractivity contribution in [2.45, 2.75) is 24.7 Å². The summed E-state index contributed by atoms with van der Waals surface area (Å²) in [5.41, 5.74) is 1.84. The highest BCUT2D eigenvalue weighted by Gasteiger charge is 2.24. The quantitative estimate of drug-likeness (QED) is 0.904. The Labute approximate surface area is 144 Å². The summed E-state index contributed by atoms with van der Waals surface area (Å²) in [7, 11) is -4.19. The number of fused-ring (bicyclic) bond motifs is 1. The zero-order valence-corrected chi connectivity index (χ0v) is 14.2. The average Bonchev–Trinajstić information content (AvgIpc) is 2.54. The van der Waals surface area contributed by atoms with E-state index in [1.165, 1.54) is 6.07 Å². The summed E-state index contributed by atoms with van der Waals surface area (Å²) in [6.45, 7) is 2.39. The number of amides is 1. The second-order valence-corrected chi connectivity index (χ2v) is 7.31. The summed E-state index contributed by atoms with van der Waals surface area (Å²) in [5.74, 6) is -1.99. The molecular weight excluding hydrogens is 350 g/mol. The molecule has 0 unspecified atom stereocenters. The van der Waals surface area contributed by atoms with Crippen molar-refractivity contribution in [1.29, 1.82) is 0 Å². The van der Waals surface area contributed by atoms with Gasteiger partial charge in [-0.3, -0.25) is 9.52 Å². The minimum Gasteiger partial charge on any atom is -0.312 e. The van der Waals surface area contributed by atoms with Crippen LogP contribution < -0.4 is 9.62 Å². The van der Waals surface area contributed by atoms with Gasteiger partial charge in [-0.25, -0.2) is 17.2 Å². The van der Waals surface area contributed by atoms with Gasteiger partial charge >= 0.3 is 0 Å². The molecule has 0 aromatic heterocycles. The number of nitrogens with one attached hydrogen (secondary N) is 1. The lowest BCUT2D eigenvalue weighted by molar-refractivity contribution is -0.118. The zero-order chi connectivity index (χ0) is 18.2. The molecule has 0 saturated heterocycles. The Morgan fingerprint density at radius 1 is 1.12 bits per heavy atom. The molecule has 0 radical (unpaired) electrons. The summed E-state index contributed by atoms with van der Waals surface area (Å²) < 4.78 is 53.7. The number of sulfonamides is 1. The number of benzene rings is 2. The summed E-state index contributed by atoms with van der Waals surface area (Å²) in [6, 6.07) is 7.08. The lowest BCUT2D eigenvalue weighted by Crippen LogP contribution is -2.34. The van der Waals surface area contributed by atoms with Crippen LogP contribution in [0.4, 0.5) is 20.2 Å². The van der Waals surface area contributed by atoms with Crippen LogP contribution in [0, 0.1) is 11.6 Å². The van der Waals surface area contributed by atoms with E-state index < -0.39 is 26.6 Å². The maximum absolute atomic E-state index is 13.8. The number of hydrogen-bond acceptors (Lipinski definition) is 3. The first kappa shape index (κ1) is 17.3. The van der Waals surface area contributed by atoms with Crippen LogP contribution in [0.3, 0.4) is 0 Å². The zero-order valence-electron chi connectivity index (χ0n) is 13.4. The second-order valence-electron chi connectivity index (χ2n) is 5.66. The topological polar surface area (TPSA) is 66.5 Å². The van der Waals surface area contributed by atoms with Crippen molar-refractivity contribution in [2.24, 2.45) is 0 Å². The molecule has 2 aromatic carbocycles. The monoisotopic (exact) mass is 366 g/mol. The average molecular weight is 366 g/mol. The Kier molecular flexibility index (Phi) is 4.47. The van der Waals surface area contributed by atoms with E-state index >= 15 is 0 Å². The molecule has 0 bridgehead atoms. The van der Waals surface area contributed by atoms with E-state index in [9.17, 15) is 22.0 Å². The van der Waals surface area contributed by atoms with Crippen molar-refractivity contribution >= 4 is 27.3 Å². The Balaban J connectivity index is 1.92. The molecule has 132 valence electrons. The van der Waals surface area contributed by atoms with E-state index in [4.69, 9.17) is 0 Å². The third-order valence-electron chi connectivity index (χ3n) is 4.03. The fourth-order valence-electron chi connectivity index (χ4n) is 2.87. The largest absolute Gasteiger partial charge is 0.312 e. The molecule has 2 aromatic rings.